The summed E-state index contributed by atoms with van der Waals surface area (Å²) in [5.74, 6) is 0.323. The summed E-state index contributed by atoms with van der Waals surface area (Å²) in [6, 6.07) is 26.6. The second-order valence-corrected chi connectivity index (χ2v) is 8.17. The van der Waals surface area contributed by atoms with Crippen molar-refractivity contribution in [3.63, 3.8) is 0 Å². The minimum Gasteiger partial charge on any atom is -0.400 e. The number of halogens is 2. The van der Waals surface area contributed by atoms with Gasteiger partial charge in [-0.15, -0.1) is 0 Å². The van der Waals surface area contributed by atoms with E-state index in [1.165, 1.54) is 11.1 Å². The van der Waals surface area contributed by atoms with E-state index in [1.54, 1.807) is 0 Å². The Morgan fingerprint density at radius 2 is 1.48 bits per heavy atom. The Kier molecular flexibility index (Phi) is 11.7. The number of benzene rings is 3. The monoisotopic (exact) mass is 459 g/mol. The molecule has 0 spiro atoms. The predicted octanol–water partition coefficient (Wildman–Crippen LogP) is 5.81. The highest BCUT2D eigenvalue weighted by Crippen LogP contribution is 2.30. The van der Waals surface area contributed by atoms with E-state index in [0.29, 0.717) is 17.5 Å². The molecule has 0 aromatic heterocycles. The van der Waals surface area contributed by atoms with Gasteiger partial charge in [-0.3, -0.25) is 4.90 Å². The highest BCUT2D eigenvalue weighted by atomic mass is 35.5. The number of hydrogen-bond donors (Lipinski definition) is 2. The first-order valence-corrected chi connectivity index (χ1v) is 11.2. The van der Waals surface area contributed by atoms with Gasteiger partial charge in [0.15, 0.2) is 0 Å². The van der Waals surface area contributed by atoms with Crippen LogP contribution in [0.5, 0.6) is 0 Å². The number of hydrogen-bond acceptors (Lipinski definition) is 3. The summed E-state index contributed by atoms with van der Waals surface area (Å²) >= 11 is 12.7. The van der Waals surface area contributed by atoms with Crippen molar-refractivity contribution in [1.82, 2.24) is 4.90 Å². The standard InChI is InChI=1S/C25H27Cl2NO.CH4O/c26-24-11-12-25(27)23(18-24)17-22(21-9-5-2-6-10-21)13-14-28(15-16-29)19-20-7-3-1-4-8-20;1-2/h1-12,18,22,29H,13-17,19H2;2H,1H3/t22-;/m0./s1. The van der Waals surface area contributed by atoms with Crippen LogP contribution in [0, 0.1) is 0 Å². The highest BCUT2D eigenvalue weighted by Gasteiger charge is 2.17. The van der Waals surface area contributed by atoms with E-state index in [0.717, 1.165) is 43.6 Å². The number of rotatable bonds is 10. The van der Waals surface area contributed by atoms with Gasteiger partial charge in [0.2, 0.25) is 0 Å². The van der Waals surface area contributed by atoms with Gasteiger partial charge in [-0.1, -0.05) is 83.9 Å². The van der Waals surface area contributed by atoms with Gasteiger partial charge in [-0.25, -0.2) is 0 Å². The maximum Gasteiger partial charge on any atom is 0.0558 e. The van der Waals surface area contributed by atoms with Crippen molar-refractivity contribution < 1.29 is 10.2 Å². The molecular formula is C26H31Cl2NO2. The maximum absolute atomic E-state index is 9.53. The van der Waals surface area contributed by atoms with Crippen LogP contribution in [0.25, 0.3) is 0 Å². The first kappa shape index (κ1) is 25.4. The molecular weight excluding hydrogens is 429 g/mol. The van der Waals surface area contributed by atoms with Gasteiger partial charge in [-0.2, -0.15) is 0 Å². The summed E-state index contributed by atoms with van der Waals surface area (Å²) in [5.41, 5.74) is 3.63. The summed E-state index contributed by atoms with van der Waals surface area (Å²) in [6.07, 6.45) is 1.81. The molecule has 0 aliphatic carbocycles. The molecule has 31 heavy (non-hydrogen) atoms. The summed E-state index contributed by atoms with van der Waals surface area (Å²) in [4.78, 5) is 2.31. The fraction of sp³-hybridized carbons (Fsp3) is 0.308. The molecule has 0 saturated carbocycles. The molecule has 0 bridgehead atoms. The molecule has 0 unspecified atom stereocenters. The van der Waals surface area contributed by atoms with Crippen LogP contribution in [0.4, 0.5) is 0 Å². The molecule has 5 heteroatoms. The molecule has 0 aliphatic heterocycles. The van der Waals surface area contributed by atoms with Crippen LogP contribution in [-0.2, 0) is 13.0 Å². The van der Waals surface area contributed by atoms with Crippen molar-refractivity contribution in [2.45, 2.75) is 25.3 Å². The van der Waals surface area contributed by atoms with Crippen LogP contribution in [0.2, 0.25) is 10.0 Å². The van der Waals surface area contributed by atoms with Crippen LogP contribution in [-0.4, -0.2) is 41.9 Å². The SMILES string of the molecule is CO.OCCN(CC[C@@H](Cc1cc(Cl)ccc1Cl)c1ccccc1)Cc1ccccc1. The third-order valence-electron chi connectivity index (χ3n) is 5.20. The Labute approximate surface area is 195 Å². The lowest BCUT2D eigenvalue weighted by Crippen LogP contribution is -2.29. The normalized spacial score (nSPS) is 11.7. The number of nitrogens with zero attached hydrogens (tertiary/aromatic N) is 1. The third kappa shape index (κ3) is 8.64. The minimum absolute atomic E-state index is 0.156. The lowest BCUT2D eigenvalue weighted by Gasteiger charge is -2.25. The average Bonchev–Trinajstić information content (AvgIpc) is 2.81. The van der Waals surface area contributed by atoms with Crippen molar-refractivity contribution in [3.05, 3.63) is 106 Å². The molecule has 3 aromatic rings. The van der Waals surface area contributed by atoms with E-state index in [-0.39, 0.29) is 6.61 Å². The molecule has 0 amide bonds. The first-order chi connectivity index (χ1) is 15.2. The zero-order chi connectivity index (χ0) is 22.5. The van der Waals surface area contributed by atoms with Crippen LogP contribution < -0.4 is 0 Å². The van der Waals surface area contributed by atoms with Gasteiger partial charge in [0.1, 0.15) is 0 Å². The Balaban J connectivity index is 0.00000166. The quantitative estimate of drug-likeness (QED) is 0.401. The van der Waals surface area contributed by atoms with Crippen molar-refractivity contribution in [1.29, 1.82) is 0 Å². The Morgan fingerprint density at radius 3 is 2.13 bits per heavy atom. The maximum atomic E-state index is 9.53. The lowest BCUT2D eigenvalue weighted by molar-refractivity contribution is 0.185. The van der Waals surface area contributed by atoms with Crippen LogP contribution in [0.15, 0.2) is 78.9 Å². The van der Waals surface area contributed by atoms with Crippen molar-refractivity contribution in [2.75, 3.05) is 26.8 Å². The predicted molar refractivity (Wildman–Crippen MR) is 131 cm³/mol. The summed E-state index contributed by atoms with van der Waals surface area (Å²) in [7, 11) is 1.00. The summed E-state index contributed by atoms with van der Waals surface area (Å²) < 4.78 is 0. The zero-order valence-electron chi connectivity index (χ0n) is 17.9. The molecule has 0 fully saturated rings. The highest BCUT2D eigenvalue weighted by molar-refractivity contribution is 6.33. The minimum atomic E-state index is 0.156. The average molecular weight is 460 g/mol. The lowest BCUT2D eigenvalue weighted by atomic mass is 9.89. The second kappa shape index (κ2) is 14.2. The van der Waals surface area contributed by atoms with E-state index >= 15 is 0 Å². The van der Waals surface area contributed by atoms with Gasteiger partial charge in [0.25, 0.3) is 0 Å². The molecule has 0 heterocycles. The molecule has 3 rings (SSSR count). The van der Waals surface area contributed by atoms with Gasteiger partial charge < -0.3 is 10.2 Å². The van der Waals surface area contributed by atoms with Gasteiger partial charge in [-0.05, 0) is 60.2 Å². The smallest absolute Gasteiger partial charge is 0.0558 e. The molecule has 2 N–H and O–H groups in total. The topological polar surface area (TPSA) is 43.7 Å². The van der Waals surface area contributed by atoms with Gasteiger partial charge in [0.05, 0.1) is 6.61 Å². The van der Waals surface area contributed by atoms with Crippen molar-refractivity contribution in [3.8, 4) is 0 Å². The van der Waals surface area contributed by atoms with E-state index in [4.69, 9.17) is 28.3 Å². The van der Waals surface area contributed by atoms with E-state index in [1.807, 2.05) is 30.3 Å². The molecule has 0 saturated heterocycles. The number of aliphatic hydroxyl groups is 2. The fourth-order valence-corrected chi connectivity index (χ4v) is 4.06. The molecule has 3 aromatic carbocycles. The van der Waals surface area contributed by atoms with Crippen molar-refractivity contribution >= 4 is 23.2 Å². The van der Waals surface area contributed by atoms with E-state index in [9.17, 15) is 5.11 Å². The summed E-state index contributed by atoms with van der Waals surface area (Å²) in [5, 5.41) is 18.0. The van der Waals surface area contributed by atoms with Crippen LogP contribution >= 0.6 is 23.2 Å². The molecule has 3 nitrogen and oxygen atoms in total. The second-order valence-electron chi connectivity index (χ2n) is 7.32. The summed E-state index contributed by atoms with van der Waals surface area (Å²) in [6.45, 7) is 2.55. The van der Waals surface area contributed by atoms with Crippen LogP contribution in [0.3, 0.4) is 0 Å². The van der Waals surface area contributed by atoms with Crippen molar-refractivity contribution in [2.24, 2.45) is 0 Å². The van der Waals surface area contributed by atoms with Gasteiger partial charge >= 0.3 is 0 Å². The molecule has 166 valence electrons. The van der Waals surface area contributed by atoms with Gasteiger partial charge in [0, 0.05) is 30.2 Å². The Hall–Kier alpha value is -1.88. The van der Waals surface area contributed by atoms with E-state index in [2.05, 4.69) is 53.4 Å². The third-order valence-corrected chi connectivity index (χ3v) is 5.81. The number of aliphatic hydroxyl groups excluding tert-OH is 2. The zero-order valence-corrected chi connectivity index (χ0v) is 19.4. The first-order valence-electron chi connectivity index (χ1n) is 10.5. The Morgan fingerprint density at radius 1 is 0.839 bits per heavy atom. The molecule has 1 atom stereocenters. The molecule has 0 radical (unpaired) electrons. The Bertz CT molecular complexity index is 875. The molecule has 0 aliphatic rings. The van der Waals surface area contributed by atoms with Crippen LogP contribution in [0.1, 0.15) is 29.0 Å². The van der Waals surface area contributed by atoms with E-state index < -0.39 is 0 Å². The largest absolute Gasteiger partial charge is 0.400 e. The fourth-order valence-electron chi connectivity index (χ4n) is 3.67.